The molecule has 1 aliphatic rings. The largest absolute Gasteiger partial charge is 0.496 e. The monoisotopic (exact) mass is 256 g/mol. The fourth-order valence-corrected chi connectivity index (χ4v) is 2.36. The minimum Gasteiger partial charge on any atom is -0.496 e. The van der Waals surface area contributed by atoms with Gasteiger partial charge in [0.05, 0.1) is 13.2 Å². The first-order valence-corrected chi connectivity index (χ1v) is 6.10. The number of rotatable bonds is 4. The summed E-state index contributed by atoms with van der Waals surface area (Å²) in [6.45, 7) is 2.76. The molecule has 0 saturated carbocycles. The van der Waals surface area contributed by atoms with Gasteiger partial charge in [0.15, 0.2) is 0 Å². The van der Waals surface area contributed by atoms with E-state index in [0.717, 1.165) is 13.1 Å². The lowest BCUT2D eigenvalue weighted by atomic mass is 10.0. The highest BCUT2D eigenvalue weighted by atomic mass is 19.3. The van der Waals surface area contributed by atoms with Crippen LogP contribution < -0.4 is 10.1 Å². The predicted octanol–water partition coefficient (Wildman–Crippen LogP) is 1.91. The maximum absolute atomic E-state index is 13.4. The highest BCUT2D eigenvalue weighted by molar-refractivity contribution is 5.36. The van der Waals surface area contributed by atoms with Gasteiger partial charge in [-0.2, -0.15) is 0 Å². The highest BCUT2D eigenvalue weighted by Crippen LogP contribution is 2.33. The molecule has 0 radical (unpaired) electrons. The summed E-state index contributed by atoms with van der Waals surface area (Å²) in [6, 6.07) is 6.13. The Kier molecular flexibility index (Phi) is 4.49. The number of nitrogens with one attached hydrogen (secondary N) is 1. The van der Waals surface area contributed by atoms with Crippen molar-refractivity contribution in [3.63, 3.8) is 0 Å². The first-order chi connectivity index (χ1) is 8.74. The van der Waals surface area contributed by atoms with E-state index in [1.807, 2.05) is 4.90 Å². The maximum Gasteiger partial charge on any atom is 0.258 e. The average molecular weight is 256 g/mol. The molecule has 1 aliphatic heterocycles. The number of piperazine rings is 1. The molecule has 1 heterocycles. The van der Waals surface area contributed by atoms with Gasteiger partial charge in [-0.3, -0.25) is 4.90 Å². The summed E-state index contributed by atoms with van der Waals surface area (Å²) in [5, 5.41) is 3.17. The Bertz CT molecular complexity index is 381. The van der Waals surface area contributed by atoms with Crippen LogP contribution in [0.4, 0.5) is 8.78 Å². The molecule has 0 spiro atoms. The van der Waals surface area contributed by atoms with Gasteiger partial charge in [-0.1, -0.05) is 18.2 Å². The first kappa shape index (κ1) is 13.2. The minimum atomic E-state index is -2.42. The van der Waals surface area contributed by atoms with Crippen LogP contribution in [-0.2, 0) is 0 Å². The van der Waals surface area contributed by atoms with E-state index in [9.17, 15) is 8.78 Å². The van der Waals surface area contributed by atoms with Gasteiger partial charge in [-0.05, 0) is 6.07 Å². The van der Waals surface area contributed by atoms with Crippen LogP contribution in [0.25, 0.3) is 0 Å². The summed E-state index contributed by atoms with van der Waals surface area (Å²) in [5.74, 6) is 0.529. The van der Waals surface area contributed by atoms with Crippen molar-refractivity contribution >= 4 is 0 Å². The molecule has 18 heavy (non-hydrogen) atoms. The molecule has 100 valence electrons. The second kappa shape index (κ2) is 6.11. The number of methoxy groups -OCH3 is 1. The molecule has 1 atom stereocenters. The van der Waals surface area contributed by atoms with E-state index in [2.05, 4.69) is 5.32 Å². The number of hydrogen-bond donors (Lipinski definition) is 1. The number of para-hydroxylation sites is 1. The predicted molar refractivity (Wildman–Crippen MR) is 66.2 cm³/mol. The van der Waals surface area contributed by atoms with Crippen molar-refractivity contribution in [1.82, 2.24) is 10.2 Å². The highest BCUT2D eigenvalue weighted by Gasteiger charge is 2.31. The molecule has 1 fully saturated rings. The summed E-state index contributed by atoms with van der Waals surface area (Å²) in [4.78, 5) is 1.82. The Morgan fingerprint density at radius 1 is 1.22 bits per heavy atom. The summed E-state index contributed by atoms with van der Waals surface area (Å²) >= 11 is 0. The molecule has 1 N–H and O–H groups in total. The second-order valence-electron chi connectivity index (χ2n) is 4.31. The van der Waals surface area contributed by atoms with Gasteiger partial charge >= 0.3 is 0 Å². The van der Waals surface area contributed by atoms with Crippen molar-refractivity contribution in [2.45, 2.75) is 12.5 Å². The van der Waals surface area contributed by atoms with E-state index >= 15 is 0 Å². The fourth-order valence-electron chi connectivity index (χ4n) is 2.36. The van der Waals surface area contributed by atoms with Gasteiger partial charge in [-0.25, -0.2) is 8.78 Å². The number of ether oxygens (including phenoxy) is 1. The van der Waals surface area contributed by atoms with E-state index in [1.165, 1.54) is 7.11 Å². The van der Waals surface area contributed by atoms with Crippen LogP contribution in [0.3, 0.4) is 0 Å². The molecule has 5 heteroatoms. The van der Waals surface area contributed by atoms with Gasteiger partial charge in [0.1, 0.15) is 5.75 Å². The zero-order chi connectivity index (χ0) is 13.0. The Balaban J connectivity index is 2.28. The number of benzene rings is 1. The molecular weight excluding hydrogens is 238 g/mol. The van der Waals surface area contributed by atoms with Crippen molar-refractivity contribution in [1.29, 1.82) is 0 Å². The van der Waals surface area contributed by atoms with Gasteiger partial charge in [0.25, 0.3) is 6.43 Å². The molecule has 0 bridgehead atoms. The van der Waals surface area contributed by atoms with Crippen LogP contribution in [0.2, 0.25) is 0 Å². The number of alkyl halides is 2. The van der Waals surface area contributed by atoms with Crippen molar-refractivity contribution in [2.75, 3.05) is 33.3 Å². The fraction of sp³-hybridized carbons (Fsp3) is 0.538. The summed E-state index contributed by atoms with van der Waals surface area (Å²) in [7, 11) is 1.51. The summed E-state index contributed by atoms with van der Waals surface area (Å²) in [6.07, 6.45) is -2.42. The van der Waals surface area contributed by atoms with Crippen LogP contribution in [0.15, 0.2) is 24.3 Å². The van der Waals surface area contributed by atoms with Crippen LogP contribution in [0, 0.1) is 0 Å². The van der Waals surface area contributed by atoms with E-state index < -0.39 is 12.5 Å². The van der Waals surface area contributed by atoms with Crippen molar-refractivity contribution in [3.8, 4) is 5.75 Å². The Morgan fingerprint density at radius 3 is 2.50 bits per heavy atom. The maximum atomic E-state index is 13.4. The van der Waals surface area contributed by atoms with Crippen LogP contribution in [0.1, 0.15) is 11.6 Å². The van der Waals surface area contributed by atoms with Crippen LogP contribution in [0.5, 0.6) is 5.75 Å². The van der Waals surface area contributed by atoms with E-state index in [1.54, 1.807) is 24.3 Å². The minimum absolute atomic E-state index is 0.529. The normalized spacial score (nSPS) is 18.9. The molecule has 2 rings (SSSR count). The molecule has 1 aromatic carbocycles. The zero-order valence-electron chi connectivity index (χ0n) is 10.4. The van der Waals surface area contributed by atoms with Crippen molar-refractivity contribution in [2.24, 2.45) is 0 Å². The van der Waals surface area contributed by atoms with E-state index in [-0.39, 0.29) is 0 Å². The first-order valence-electron chi connectivity index (χ1n) is 6.10. The third-order valence-corrected chi connectivity index (χ3v) is 3.24. The Hall–Kier alpha value is -1.20. The topological polar surface area (TPSA) is 24.5 Å². The van der Waals surface area contributed by atoms with Gasteiger partial charge in [-0.15, -0.1) is 0 Å². The molecular formula is C13H18F2N2O. The lowest BCUT2D eigenvalue weighted by molar-refractivity contribution is 0.0170. The molecule has 0 aromatic heterocycles. The van der Waals surface area contributed by atoms with Gasteiger partial charge in [0.2, 0.25) is 0 Å². The average Bonchev–Trinajstić information content (AvgIpc) is 2.40. The standard InChI is InChI=1S/C13H18F2N2O/c1-18-11-5-3-2-4-10(11)12(13(14)15)17-8-6-16-7-9-17/h2-5,12-13,16H,6-9H2,1H3/t12-/m0/s1. The number of nitrogens with zero attached hydrogens (tertiary/aromatic N) is 1. The third kappa shape index (κ3) is 2.79. The van der Waals surface area contributed by atoms with Gasteiger partial charge < -0.3 is 10.1 Å². The summed E-state index contributed by atoms with van der Waals surface area (Å²) in [5.41, 5.74) is 0.567. The van der Waals surface area contributed by atoms with Crippen molar-refractivity contribution < 1.29 is 13.5 Å². The smallest absolute Gasteiger partial charge is 0.258 e. The molecule has 3 nitrogen and oxygen atoms in total. The van der Waals surface area contributed by atoms with Crippen LogP contribution in [-0.4, -0.2) is 44.6 Å². The molecule has 0 amide bonds. The van der Waals surface area contributed by atoms with Crippen molar-refractivity contribution in [3.05, 3.63) is 29.8 Å². The second-order valence-corrected chi connectivity index (χ2v) is 4.31. The molecule has 1 saturated heterocycles. The molecule has 1 aromatic rings. The summed E-state index contributed by atoms with van der Waals surface area (Å²) < 4.78 is 31.9. The quantitative estimate of drug-likeness (QED) is 0.890. The number of hydrogen-bond acceptors (Lipinski definition) is 3. The molecule has 0 aliphatic carbocycles. The molecule has 0 unspecified atom stereocenters. The van der Waals surface area contributed by atoms with E-state index in [0.29, 0.717) is 24.4 Å². The third-order valence-electron chi connectivity index (χ3n) is 3.24. The van der Waals surface area contributed by atoms with Crippen LogP contribution >= 0.6 is 0 Å². The Morgan fingerprint density at radius 2 is 1.89 bits per heavy atom. The Labute approximate surface area is 106 Å². The van der Waals surface area contributed by atoms with E-state index in [4.69, 9.17) is 4.74 Å². The van der Waals surface area contributed by atoms with Gasteiger partial charge in [0, 0.05) is 31.7 Å². The zero-order valence-corrected chi connectivity index (χ0v) is 10.4. The lowest BCUT2D eigenvalue weighted by Crippen LogP contribution is -2.47. The number of halogens is 2. The lowest BCUT2D eigenvalue weighted by Gasteiger charge is -2.35. The SMILES string of the molecule is COc1ccccc1[C@@H](C(F)F)N1CCNCC1.